The van der Waals surface area contributed by atoms with Crippen molar-refractivity contribution in [3.05, 3.63) is 54.6 Å². The summed E-state index contributed by atoms with van der Waals surface area (Å²) in [6.45, 7) is 0.628. The number of hydrogen-bond acceptors (Lipinski definition) is 5. The molecule has 0 fully saturated rings. The lowest BCUT2D eigenvalue weighted by Crippen LogP contribution is -2.22. The zero-order valence-electron chi connectivity index (χ0n) is 13.3. The van der Waals surface area contributed by atoms with Gasteiger partial charge in [-0.05, 0) is 24.3 Å². The second-order valence-corrected chi connectivity index (χ2v) is 7.26. The van der Waals surface area contributed by atoms with Gasteiger partial charge in [-0.15, -0.1) is 0 Å². The van der Waals surface area contributed by atoms with Crippen LogP contribution in [0.3, 0.4) is 0 Å². The molecular weight excluding hydrogens is 330 g/mol. The third kappa shape index (κ3) is 6.29. The first-order chi connectivity index (χ1) is 11.4. The van der Waals surface area contributed by atoms with E-state index in [2.05, 4.69) is 5.32 Å². The number of ether oxygens (including phenoxy) is 2. The largest absolute Gasteiger partial charge is 0.490 e. The number of carbonyl (C=O) groups is 1. The molecule has 0 bridgehead atoms. The van der Waals surface area contributed by atoms with E-state index in [1.807, 2.05) is 30.3 Å². The Kier molecular flexibility index (Phi) is 6.20. The Labute approximate surface area is 141 Å². The van der Waals surface area contributed by atoms with Gasteiger partial charge in [0.2, 0.25) is 5.91 Å². The molecule has 2 aromatic rings. The highest BCUT2D eigenvalue weighted by Crippen LogP contribution is 2.23. The van der Waals surface area contributed by atoms with Gasteiger partial charge in [0.1, 0.15) is 30.5 Å². The van der Waals surface area contributed by atoms with E-state index in [4.69, 9.17) is 9.47 Å². The summed E-state index contributed by atoms with van der Waals surface area (Å²) in [5.41, 5.74) is 0.422. The molecule has 1 N–H and O–H groups in total. The molecule has 2 rings (SSSR count). The van der Waals surface area contributed by atoms with Crippen LogP contribution in [0, 0.1) is 0 Å². The third-order valence-corrected chi connectivity index (χ3v) is 3.69. The summed E-state index contributed by atoms with van der Waals surface area (Å²) in [7, 11) is -3.38. The Balaban J connectivity index is 1.88. The van der Waals surface area contributed by atoms with Gasteiger partial charge in [-0.3, -0.25) is 4.79 Å². The fourth-order valence-electron chi connectivity index (χ4n) is 1.95. The van der Waals surface area contributed by atoms with Crippen molar-refractivity contribution in [1.29, 1.82) is 0 Å². The van der Waals surface area contributed by atoms with Crippen LogP contribution in [0.25, 0.3) is 0 Å². The normalized spacial score (nSPS) is 10.9. The number of rotatable bonds is 8. The number of nitrogens with one attached hydrogen (secondary N) is 1. The molecule has 0 aromatic heterocycles. The first-order valence-corrected chi connectivity index (χ1v) is 9.37. The zero-order valence-corrected chi connectivity index (χ0v) is 14.1. The predicted octanol–water partition coefficient (Wildman–Crippen LogP) is 2.13. The lowest BCUT2D eigenvalue weighted by Gasteiger charge is -2.12. The SMILES string of the molecule is CS(=O)(=O)CC(=O)Nc1ccccc1OCCOc1ccccc1. The van der Waals surface area contributed by atoms with Gasteiger partial charge in [-0.1, -0.05) is 30.3 Å². The van der Waals surface area contributed by atoms with Crippen molar-refractivity contribution in [2.75, 3.05) is 30.5 Å². The molecule has 2 aromatic carbocycles. The van der Waals surface area contributed by atoms with Crippen molar-refractivity contribution in [1.82, 2.24) is 0 Å². The number of amides is 1. The quantitative estimate of drug-likeness (QED) is 0.738. The maximum absolute atomic E-state index is 11.7. The molecule has 0 aliphatic rings. The summed E-state index contributed by atoms with van der Waals surface area (Å²) in [6.07, 6.45) is 1.01. The Morgan fingerprint density at radius 2 is 1.58 bits per heavy atom. The summed E-state index contributed by atoms with van der Waals surface area (Å²) < 4.78 is 33.4. The van der Waals surface area contributed by atoms with Gasteiger partial charge in [-0.2, -0.15) is 0 Å². The van der Waals surface area contributed by atoms with Crippen LogP contribution in [0.1, 0.15) is 0 Å². The van der Waals surface area contributed by atoms with Crippen molar-refractivity contribution in [2.24, 2.45) is 0 Å². The number of carbonyl (C=O) groups excluding carboxylic acids is 1. The maximum atomic E-state index is 11.7. The summed E-state index contributed by atoms with van der Waals surface area (Å²) in [4.78, 5) is 11.7. The summed E-state index contributed by atoms with van der Waals surface area (Å²) >= 11 is 0. The molecule has 7 heteroatoms. The summed E-state index contributed by atoms with van der Waals surface area (Å²) in [6, 6.07) is 16.2. The topological polar surface area (TPSA) is 81.7 Å². The van der Waals surface area contributed by atoms with Crippen LogP contribution in [-0.2, 0) is 14.6 Å². The lowest BCUT2D eigenvalue weighted by molar-refractivity contribution is -0.113. The summed E-state index contributed by atoms with van der Waals surface area (Å²) in [5.74, 6) is 0.0271. The molecule has 0 saturated carbocycles. The number of benzene rings is 2. The van der Waals surface area contributed by atoms with Crippen LogP contribution >= 0.6 is 0 Å². The van der Waals surface area contributed by atoms with Gasteiger partial charge in [0.15, 0.2) is 9.84 Å². The average Bonchev–Trinajstić information content (AvgIpc) is 2.52. The number of sulfone groups is 1. The van der Waals surface area contributed by atoms with Gasteiger partial charge < -0.3 is 14.8 Å². The number of anilines is 1. The van der Waals surface area contributed by atoms with Crippen molar-refractivity contribution in [3.8, 4) is 11.5 Å². The minimum absolute atomic E-state index is 0.286. The lowest BCUT2D eigenvalue weighted by atomic mass is 10.3. The van der Waals surface area contributed by atoms with Gasteiger partial charge in [0.25, 0.3) is 0 Å². The van der Waals surface area contributed by atoms with Crippen LogP contribution in [0.5, 0.6) is 11.5 Å². The molecular formula is C17H19NO5S. The van der Waals surface area contributed by atoms with Crippen molar-refractivity contribution < 1.29 is 22.7 Å². The minimum atomic E-state index is -3.38. The van der Waals surface area contributed by atoms with Crippen LogP contribution in [-0.4, -0.2) is 39.5 Å². The Morgan fingerprint density at radius 3 is 2.29 bits per heavy atom. The Morgan fingerprint density at radius 1 is 0.958 bits per heavy atom. The van der Waals surface area contributed by atoms with E-state index in [1.165, 1.54) is 0 Å². The molecule has 0 saturated heterocycles. The van der Waals surface area contributed by atoms with Gasteiger partial charge >= 0.3 is 0 Å². The van der Waals surface area contributed by atoms with Gasteiger partial charge in [-0.25, -0.2) is 8.42 Å². The Hall–Kier alpha value is -2.54. The first kappa shape index (κ1) is 17.8. The minimum Gasteiger partial charge on any atom is -0.490 e. The second-order valence-electron chi connectivity index (χ2n) is 5.12. The average molecular weight is 349 g/mol. The molecule has 0 atom stereocenters. The van der Waals surface area contributed by atoms with Gasteiger partial charge in [0, 0.05) is 6.26 Å². The number of para-hydroxylation sites is 3. The van der Waals surface area contributed by atoms with Crippen LogP contribution in [0.4, 0.5) is 5.69 Å². The van der Waals surface area contributed by atoms with E-state index in [0.717, 1.165) is 12.0 Å². The van der Waals surface area contributed by atoms with Crippen LogP contribution in [0.15, 0.2) is 54.6 Å². The van der Waals surface area contributed by atoms with E-state index in [-0.39, 0.29) is 6.61 Å². The van der Waals surface area contributed by atoms with E-state index >= 15 is 0 Å². The summed E-state index contributed by atoms with van der Waals surface area (Å²) in [5, 5.41) is 2.54. The van der Waals surface area contributed by atoms with E-state index in [9.17, 15) is 13.2 Å². The molecule has 0 unspecified atom stereocenters. The van der Waals surface area contributed by atoms with Crippen molar-refractivity contribution >= 4 is 21.4 Å². The molecule has 0 aliphatic carbocycles. The van der Waals surface area contributed by atoms with Crippen molar-refractivity contribution in [3.63, 3.8) is 0 Å². The molecule has 1 amide bonds. The van der Waals surface area contributed by atoms with Gasteiger partial charge in [0.05, 0.1) is 5.69 Å². The third-order valence-electron chi connectivity index (χ3n) is 2.91. The first-order valence-electron chi connectivity index (χ1n) is 7.31. The smallest absolute Gasteiger partial charge is 0.239 e. The fourth-order valence-corrected chi connectivity index (χ4v) is 2.50. The molecule has 0 spiro atoms. The highest BCUT2D eigenvalue weighted by atomic mass is 32.2. The molecule has 0 radical (unpaired) electrons. The highest BCUT2D eigenvalue weighted by molar-refractivity contribution is 7.91. The predicted molar refractivity (Wildman–Crippen MR) is 92.2 cm³/mol. The molecule has 24 heavy (non-hydrogen) atoms. The molecule has 6 nitrogen and oxygen atoms in total. The van der Waals surface area contributed by atoms with Crippen LogP contribution in [0.2, 0.25) is 0 Å². The fraction of sp³-hybridized carbons (Fsp3) is 0.235. The highest BCUT2D eigenvalue weighted by Gasteiger charge is 2.13. The van der Waals surface area contributed by atoms with E-state index in [0.29, 0.717) is 18.0 Å². The van der Waals surface area contributed by atoms with Crippen molar-refractivity contribution in [2.45, 2.75) is 0 Å². The maximum Gasteiger partial charge on any atom is 0.239 e. The Bertz CT molecular complexity index is 775. The number of hydrogen-bond donors (Lipinski definition) is 1. The molecule has 0 heterocycles. The van der Waals surface area contributed by atoms with E-state index < -0.39 is 21.5 Å². The second kappa shape index (κ2) is 8.35. The van der Waals surface area contributed by atoms with E-state index in [1.54, 1.807) is 24.3 Å². The zero-order chi connectivity index (χ0) is 17.4. The molecule has 0 aliphatic heterocycles. The monoisotopic (exact) mass is 349 g/mol. The molecule has 128 valence electrons. The van der Waals surface area contributed by atoms with Crippen LogP contribution < -0.4 is 14.8 Å². The standard InChI is InChI=1S/C17H19NO5S/c1-24(20,21)13-17(19)18-15-9-5-6-10-16(15)23-12-11-22-14-7-3-2-4-8-14/h2-10H,11-13H2,1H3,(H,18,19).